The van der Waals surface area contributed by atoms with Crippen molar-refractivity contribution in [2.75, 3.05) is 20.1 Å². The third-order valence-corrected chi connectivity index (χ3v) is 3.31. The summed E-state index contributed by atoms with van der Waals surface area (Å²) in [7, 11) is 2.14. The zero-order valence-corrected chi connectivity index (χ0v) is 11.3. The maximum atomic E-state index is 9.41. The van der Waals surface area contributed by atoms with E-state index in [9.17, 15) is 5.11 Å². The number of aliphatic hydroxyl groups is 1. The second kappa shape index (κ2) is 6.21. The Morgan fingerprint density at radius 2 is 2.33 bits per heavy atom. The molecule has 1 aromatic carbocycles. The van der Waals surface area contributed by atoms with Gasteiger partial charge in [-0.25, -0.2) is 0 Å². The topological polar surface area (TPSA) is 32.7 Å². The summed E-state index contributed by atoms with van der Waals surface area (Å²) >= 11 is 0. The van der Waals surface area contributed by atoms with E-state index in [-0.39, 0.29) is 6.10 Å². The van der Waals surface area contributed by atoms with E-state index in [4.69, 9.17) is 4.74 Å². The monoisotopic (exact) mass is 249 g/mol. The summed E-state index contributed by atoms with van der Waals surface area (Å²) in [6.07, 6.45) is 3.01. The number of piperidine rings is 1. The number of ether oxygens (including phenoxy) is 1. The van der Waals surface area contributed by atoms with Crippen LogP contribution in [-0.2, 0) is 6.42 Å². The molecule has 0 spiro atoms. The summed E-state index contributed by atoms with van der Waals surface area (Å²) in [6.45, 7) is 3.98. The first kappa shape index (κ1) is 13.4. The molecule has 0 aliphatic carbocycles. The van der Waals surface area contributed by atoms with E-state index in [0.29, 0.717) is 12.5 Å². The van der Waals surface area contributed by atoms with Crippen LogP contribution in [0.5, 0.6) is 5.75 Å². The van der Waals surface area contributed by atoms with Crippen LogP contribution in [0, 0.1) is 0 Å². The standard InChI is InChI=1S/C15H23NO2/c1-12(17)9-13-5-3-6-14(10-13)18-15-7-4-8-16(2)11-15/h3,5-6,10,12,15,17H,4,7-9,11H2,1-2H3. The fourth-order valence-corrected chi connectivity index (χ4v) is 2.49. The van der Waals surface area contributed by atoms with Gasteiger partial charge in [-0.1, -0.05) is 12.1 Å². The Morgan fingerprint density at radius 1 is 1.50 bits per heavy atom. The van der Waals surface area contributed by atoms with Crippen LogP contribution in [0.15, 0.2) is 24.3 Å². The van der Waals surface area contributed by atoms with E-state index in [0.717, 1.165) is 24.3 Å². The van der Waals surface area contributed by atoms with E-state index in [1.54, 1.807) is 0 Å². The minimum Gasteiger partial charge on any atom is -0.489 e. The lowest BCUT2D eigenvalue weighted by Gasteiger charge is -2.30. The van der Waals surface area contributed by atoms with Crippen molar-refractivity contribution in [3.8, 4) is 5.75 Å². The number of benzene rings is 1. The van der Waals surface area contributed by atoms with Crippen molar-refractivity contribution in [2.24, 2.45) is 0 Å². The van der Waals surface area contributed by atoms with Crippen LogP contribution in [0.3, 0.4) is 0 Å². The molecule has 3 nitrogen and oxygen atoms in total. The number of likely N-dealkylation sites (tertiary alicyclic amines) is 1. The maximum absolute atomic E-state index is 9.41. The van der Waals surface area contributed by atoms with Gasteiger partial charge in [-0.2, -0.15) is 0 Å². The van der Waals surface area contributed by atoms with E-state index >= 15 is 0 Å². The fourth-order valence-electron chi connectivity index (χ4n) is 2.49. The van der Waals surface area contributed by atoms with Crippen LogP contribution in [0.1, 0.15) is 25.3 Å². The van der Waals surface area contributed by atoms with Crippen LogP contribution in [-0.4, -0.2) is 42.4 Å². The number of rotatable bonds is 4. The van der Waals surface area contributed by atoms with Gasteiger partial charge < -0.3 is 14.7 Å². The normalized spacial score (nSPS) is 22.7. The zero-order chi connectivity index (χ0) is 13.0. The number of likely N-dealkylation sites (N-methyl/N-ethyl adjacent to an activating group) is 1. The molecule has 1 N–H and O–H groups in total. The quantitative estimate of drug-likeness (QED) is 0.887. The van der Waals surface area contributed by atoms with Crippen LogP contribution in [0.25, 0.3) is 0 Å². The van der Waals surface area contributed by atoms with Crippen LogP contribution in [0.2, 0.25) is 0 Å². The van der Waals surface area contributed by atoms with Gasteiger partial charge in [0.15, 0.2) is 0 Å². The van der Waals surface area contributed by atoms with Gasteiger partial charge in [-0.3, -0.25) is 0 Å². The first-order valence-electron chi connectivity index (χ1n) is 6.75. The van der Waals surface area contributed by atoms with Gasteiger partial charge in [0, 0.05) is 6.54 Å². The lowest BCUT2D eigenvalue weighted by Crippen LogP contribution is -2.38. The molecule has 2 unspecified atom stereocenters. The summed E-state index contributed by atoms with van der Waals surface area (Å²) in [5.74, 6) is 0.924. The summed E-state index contributed by atoms with van der Waals surface area (Å²) < 4.78 is 6.02. The molecule has 1 heterocycles. The van der Waals surface area contributed by atoms with Gasteiger partial charge in [0.1, 0.15) is 11.9 Å². The van der Waals surface area contributed by atoms with E-state index in [1.807, 2.05) is 31.2 Å². The highest BCUT2D eigenvalue weighted by Gasteiger charge is 2.18. The average Bonchev–Trinajstić information content (AvgIpc) is 2.28. The number of aliphatic hydroxyl groups excluding tert-OH is 1. The molecule has 1 saturated heterocycles. The maximum Gasteiger partial charge on any atom is 0.120 e. The molecule has 3 heteroatoms. The van der Waals surface area contributed by atoms with Crippen molar-refractivity contribution in [3.63, 3.8) is 0 Å². The molecule has 100 valence electrons. The number of hydrogen-bond acceptors (Lipinski definition) is 3. The molecule has 1 fully saturated rings. The molecular weight excluding hydrogens is 226 g/mol. The highest BCUT2D eigenvalue weighted by molar-refractivity contribution is 5.29. The smallest absolute Gasteiger partial charge is 0.120 e. The van der Waals surface area contributed by atoms with Gasteiger partial charge in [0.2, 0.25) is 0 Å². The van der Waals surface area contributed by atoms with E-state index < -0.39 is 0 Å². The van der Waals surface area contributed by atoms with Crippen molar-refractivity contribution in [2.45, 2.75) is 38.4 Å². The molecule has 2 rings (SSSR count). The average molecular weight is 249 g/mol. The first-order valence-corrected chi connectivity index (χ1v) is 6.75. The largest absolute Gasteiger partial charge is 0.489 e. The minimum absolute atomic E-state index is 0.297. The Morgan fingerprint density at radius 3 is 3.06 bits per heavy atom. The summed E-state index contributed by atoms with van der Waals surface area (Å²) in [5, 5.41) is 9.41. The van der Waals surface area contributed by atoms with Crippen molar-refractivity contribution >= 4 is 0 Å². The third kappa shape index (κ3) is 4.00. The third-order valence-electron chi connectivity index (χ3n) is 3.31. The number of nitrogens with zero attached hydrogens (tertiary/aromatic N) is 1. The van der Waals surface area contributed by atoms with Crippen molar-refractivity contribution in [1.82, 2.24) is 4.90 Å². The van der Waals surface area contributed by atoms with Gasteiger partial charge in [-0.05, 0) is 57.5 Å². The van der Waals surface area contributed by atoms with Crippen LogP contribution in [0.4, 0.5) is 0 Å². The van der Waals surface area contributed by atoms with E-state index in [2.05, 4.69) is 11.9 Å². The molecule has 0 saturated carbocycles. The summed E-state index contributed by atoms with van der Waals surface area (Å²) in [6, 6.07) is 8.08. The zero-order valence-electron chi connectivity index (χ0n) is 11.3. The van der Waals surface area contributed by atoms with Crippen molar-refractivity contribution < 1.29 is 9.84 Å². The molecule has 0 aromatic heterocycles. The molecule has 0 radical (unpaired) electrons. The lowest BCUT2D eigenvalue weighted by atomic mass is 10.1. The van der Waals surface area contributed by atoms with Gasteiger partial charge in [0.25, 0.3) is 0 Å². The molecule has 1 aliphatic heterocycles. The Balaban J connectivity index is 1.96. The molecular formula is C15H23NO2. The van der Waals surface area contributed by atoms with Gasteiger partial charge in [-0.15, -0.1) is 0 Å². The molecule has 0 bridgehead atoms. The molecule has 18 heavy (non-hydrogen) atoms. The SMILES string of the molecule is CC(O)Cc1cccc(OC2CCCN(C)C2)c1. The lowest BCUT2D eigenvalue weighted by molar-refractivity contribution is 0.104. The second-order valence-corrected chi connectivity index (χ2v) is 5.34. The Bertz CT molecular complexity index is 379. The summed E-state index contributed by atoms with van der Waals surface area (Å²) in [5.41, 5.74) is 1.13. The Kier molecular flexibility index (Phi) is 4.61. The Hall–Kier alpha value is -1.06. The molecule has 2 atom stereocenters. The minimum atomic E-state index is -0.305. The van der Waals surface area contributed by atoms with Crippen LogP contribution >= 0.6 is 0 Å². The van der Waals surface area contributed by atoms with E-state index in [1.165, 1.54) is 13.0 Å². The molecule has 0 amide bonds. The predicted molar refractivity (Wildman–Crippen MR) is 73.0 cm³/mol. The fraction of sp³-hybridized carbons (Fsp3) is 0.600. The first-order chi connectivity index (χ1) is 8.63. The van der Waals surface area contributed by atoms with Gasteiger partial charge >= 0.3 is 0 Å². The van der Waals surface area contributed by atoms with Crippen molar-refractivity contribution in [3.05, 3.63) is 29.8 Å². The molecule has 1 aliphatic rings. The second-order valence-electron chi connectivity index (χ2n) is 5.34. The van der Waals surface area contributed by atoms with Crippen LogP contribution < -0.4 is 4.74 Å². The number of hydrogen-bond donors (Lipinski definition) is 1. The van der Waals surface area contributed by atoms with Crippen molar-refractivity contribution in [1.29, 1.82) is 0 Å². The highest BCUT2D eigenvalue weighted by Crippen LogP contribution is 2.19. The van der Waals surface area contributed by atoms with Gasteiger partial charge in [0.05, 0.1) is 6.10 Å². The highest BCUT2D eigenvalue weighted by atomic mass is 16.5. The predicted octanol–water partition coefficient (Wildman–Crippen LogP) is 2.08. The summed E-state index contributed by atoms with van der Waals surface area (Å²) in [4.78, 5) is 2.31. The Labute approximate surface area is 109 Å². The molecule has 1 aromatic rings.